The van der Waals surface area contributed by atoms with Crippen LogP contribution in [-0.4, -0.2) is 0 Å². The molecular weight excluding hydrogens is 236 g/mol. The van der Waals surface area contributed by atoms with Crippen LogP contribution < -0.4 is 0 Å². The summed E-state index contributed by atoms with van der Waals surface area (Å²) in [5.41, 5.74) is 5.97. The molecular formula is C17H18S. The molecule has 0 fully saturated rings. The Morgan fingerprint density at radius 3 is 2.72 bits per heavy atom. The van der Waals surface area contributed by atoms with Crippen molar-refractivity contribution in [2.24, 2.45) is 0 Å². The third-order valence-corrected chi connectivity index (χ3v) is 4.99. The lowest BCUT2D eigenvalue weighted by molar-refractivity contribution is 0.988. The lowest BCUT2D eigenvalue weighted by atomic mass is 9.94. The molecule has 1 aromatic carbocycles. The smallest absolute Gasteiger partial charge is 0.0375 e. The molecule has 0 amide bonds. The summed E-state index contributed by atoms with van der Waals surface area (Å²) >= 11 is 1.93. The zero-order valence-electron chi connectivity index (χ0n) is 10.9. The zero-order valence-corrected chi connectivity index (χ0v) is 11.8. The Labute approximate surface area is 113 Å². The van der Waals surface area contributed by atoms with E-state index in [0.717, 1.165) is 12.8 Å². The lowest BCUT2D eigenvalue weighted by Gasteiger charge is -2.12. The van der Waals surface area contributed by atoms with E-state index >= 15 is 0 Å². The van der Waals surface area contributed by atoms with Crippen molar-refractivity contribution in [2.75, 3.05) is 0 Å². The predicted molar refractivity (Wildman–Crippen MR) is 80.4 cm³/mol. The monoisotopic (exact) mass is 254 g/mol. The van der Waals surface area contributed by atoms with Gasteiger partial charge in [-0.05, 0) is 40.5 Å². The summed E-state index contributed by atoms with van der Waals surface area (Å²) in [6, 6.07) is 8.76. The Morgan fingerprint density at radius 2 is 1.94 bits per heavy atom. The van der Waals surface area contributed by atoms with Gasteiger partial charge in [-0.2, -0.15) is 0 Å². The van der Waals surface area contributed by atoms with E-state index in [1.54, 1.807) is 10.4 Å². The Kier molecular flexibility index (Phi) is 3.09. The van der Waals surface area contributed by atoms with Crippen molar-refractivity contribution in [3.05, 3.63) is 62.9 Å². The average Bonchev–Trinajstić information content (AvgIpc) is 3.01. The fourth-order valence-electron chi connectivity index (χ4n) is 2.87. The van der Waals surface area contributed by atoms with Crippen LogP contribution in [0.25, 0.3) is 6.08 Å². The van der Waals surface area contributed by atoms with Crippen LogP contribution in [0.1, 0.15) is 46.9 Å². The number of aryl methyl sites for hydroxylation is 1. The molecule has 0 saturated heterocycles. The van der Waals surface area contributed by atoms with Crippen molar-refractivity contribution in [3.8, 4) is 0 Å². The first-order chi connectivity index (χ1) is 8.85. The highest BCUT2D eigenvalue weighted by Crippen LogP contribution is 2.40. The van der Waals surface area contributed by atoms with Crippen molar-refractivity contribution < 1.29 is 0 Å². The molecule has 1 aromatic heterocycles. The quantitative estimate of drug-likeness (QED) is 0.720. The molecule has 0 N–H and O–H groups in total. The van der Waals surface area contributed by atoms with E-state index in [-0.39, 0.29) is 0 Å². The minimum Gasteiger partial charge on any atom is -0.147 e. The lowest BCUT2D eigenvalue weighted by Crippen LogP contribution is -1.98. The van der Waals surface area contributed by atoms with Gasteiger partial charge in [0.1, 0.15) is 0 Å². The maximum absolute atomic E-state index is 2.36. The molecule has 2 aromatic rings. The van der Waals surface area contributed by atoms with Crippen LogP contribution in [0.15, 0.2) is 35.7 Å². The second-order valence-electron chi connectivity index (χ2n) is 4.78. The number of hydrogen-bond donors (Lipinski definition) is 0. The van der Waals surface area contributed by atoms with Crippen LogP contribution in [-0.2, 0) is 12.8 Å². The highest BCUT2D eigenvalue weighted by Gasteiger charge is 2.23. The Hall–Kier alpha value is -1.34. The summed E-state index contributed by atoms with van der Waals surface area (Å²) in [5, 5.41) is 2.35. The molecule has 1 aliphatic carbocycles. The minimum absolute atomic E-state index is 0.487. The van der Waals surface area contributed by atoms with Crippen LogP contribution >= 0.6 is 11.3 Å². The van der Waals surface area contributed by atoms with E-state index in [0.29, 0.717) is 5.92 Å². The maximum Gasteiger partial charge on any atom is 0.0375 e. The molecule has 1 unspecified atom stereocenters. The fourth-order valence-corrected chi connectivity index (χ4v) is 4.22. The molecule has 1 heteroatoms. The van der Waals surface area contributed by atoms with Crippen LogP contribution in [0, 0.1) is 0 Å². The molecule has 92 valence electrons. The van der Waals surface area contributed by atoms with Gasteiger partial charge in [0, 0.05) is 10.8 Å². The Morgan fingerprint density at radius 1 is 1.11 bits per heavy atom. The molecule has 0 radical (unpaired) electrons. The summed E-state index contributed by atoms with van der Waals surface area (Å²) in [7, 11) is 0. The van der Waals surface area contributed by atoms with Gasteiger partial charge in [-0.3, -0.25) is 0 Å². The summed E-state index contributed by atoms with van der Waals surface area (Å²) in [6.45, 7) is 4.53. The van der Waals surface area contributed by atoms with Crippen molar-refractivity contribution in [1.29, 1.82) is 0 Å². The number of allylic oxidation sites excluding steroid dienone is 1. The molecule has 0 aliphatic heterocycles. The normalized spacial score (nSPS) is 17.1. The van der Waals surface area contributed by atoms with Gasteiger partial charge in [0.2, 0.25) is 0 Å². The molecule has 0 nitrogen and oxygen atoms in total. The number of thiophene rings is 1. The summed E-state index contributed by atoms with van der Waals surface area (Å²) in [6.07, 6.45) is 6.92. The van der Waals surface area contributed by atoms with Crippen LogP contribution in [0.3, 0.4) is 0 Å². The second kappa shape index (κ2) is 4.74. The summed E-state index contributed by atoms with van der Waals surface area (Å²) in [4.78, 5) is 1.55. The molecule has 1 atom stereocenters. The van der Waals surface area contributed by atoms with Gasteiger partial charge >= 0.3 is 0 Å². The number of rotatable bonds is 3. The molecule has 0 saturated carbocycles. The third kappa shape index (κ3) is 1.74. The molecule has 1 heterocycles. The van der Waals surface area contributed by atoms with E-state index in [9.17, 15) is 0 Å². The number of benzene rings is 1. The topological polar surface area (TPSA) is 0 Å². The minimum atomic E-state index is 0.487. The Bertz CT molecular complexity index is 589. The molecule has 3 rings (SSSR count). The van der Waals surface area contributed by atoms with Gasteiger partial charge < -0.3 is 0 Å². The highest BCUT2D eigenvalue weighted by atomic mass is 32.1. The Balaban J connectivity index is 2.08. The zero-order chi connectivity index (χ0) is 12.5. The first kappa shape index (κ1) is 11.7. The first-order valence-electron chi connectivity index (χ1n) is 6.71. The van der Waals surface area contributed by atoms with Gasteiger partial charge in [-0.15, -0.1) is 11.3 Å². The molecule has 0 spiro atoms. The van der Waals surface area contributed by atoms with Crippen LogP contribution in [0.4, 0.5) is 0 Å². The van der Waals surface area contributed by atoms with Gasteiger partial charge in [-0.1, -0.05) is 50.3 Å². The van der Waals surface area contributed by atoms with Gasteiger partial charge in [0.25, 0.3) is 0 Å². The number of fused-ring (bicyclic) bond motifs is 1. The highest BCUT2D eigenvalue weighted by molar-refractivity contribution is 7.10. The fraction of sp³-hybridized carbons (Fsp3) is 0.294. The summed E-state index contributed by atoms with van der Waals surface area (Å²) < 4.78 is 0. The SMILES string of the molecule is CCc1csc(C2C=Cc3ccccc32)c1CC. The van der Waals surface area contributed by atoms with E-state index in [4.69, 9.17) is 0 Å². The van der Waals surface area contributed by atoms with Crippen molar-refractivity contribution in [2.45, 2.75) is 32.6 Å². The standard InChI is InChI=1S/C17H18S/c1-3-12-11-18-17(14(12)4-2)16-10-9-13-7-5-6-8-15(13)16/h5-11,16H,3-4H2,1-2H3. The van der Waals surface area contributed by atoms with Crippen molar-refractivity contribution >= 4 is 17.4 Å². The van der Waals surface area contributed by atoms with E-state index in [2.05, 4.69) is 55.6 Å². The maximum atomic E-state index is 2.36. The van der Waals surface area contributed by atoms with Gasteiger partial charge in [0.15, 0.2) is 0 Å². The largest absolute Gasteiger partial charge is 0.147 e. The van der Waals surface area contributed by atoms with Gasteiger partial charge in [0.05, 0.1) is 0 Å². The van der Waals surface area contributed by atoms with Crippen LogP contribution in [0.2, 0.25) is 0 Å². The van der Waals surface area contributed by atoms with E-state index in [1.165, 1.54) is 16.7 Å². The van der Waals surface area contributed by atoms with Crippen molar-refractivity contribution in [1.82, 2.24) is 0 Å². The van der Waals surface area contributed by atoms with E-state index < -0.39 is 0 Å². The number of hydrogen-bond acceptors (Lipinski definition) is 1. The molecule has 0 bridgehead atoms. The van der Waals surface area contributed by atoms with E-state index in [1.807, 2.05) is 11.3 Å². The molecule has 1 aliphatic rings. The summed E-state index contributed by atoms with van der Waals surface area (Å²) in [5.74, 6) is 0.487. The predicted octanol–water partition coefficient (Wildman–Crippen LogP) is 5.03. The average molecular weight is 254 g/mol. The van der Waals surface area contributed by atoms with Crippen LogP contribution in [0.5, 0.6) is 0 Å². The van der Waals surface area contributed by atoms with Crippen molar-refractivity contribution in [3.63, 3.8) is 0 Å². The first-order valence-corrected chi connectivity index (χ1v) is 7.59. The van der Waals surface area contributed by atoms with Gasteiger partial charge in [-0.25, -0.2) is 0 Å². The third-order valence-electron chi connectivity index (χ3n) is 3.83. The molecule has 18 heavy (non-hydrogen) atoms. The second-order valence-corrected chi connectivity index (χ2v) is 5.69.